The number of nitrogens with one attached hydrogen (secondary N) is 1. The molecule has 0 radical (unpaired) electrons. The van der Waals surface area contributed by atoms with E-state index in [0.717, 1.165) is 25.0 Å². The van der Waals surface area contributed by atoms with Gasteiger partial charge in [-0.25, -0.2) is 9.82 Å². The third kappa shape index (κ3) is 3.95. The summed E-state index contributed by atoms with van der Waals surface area (Å²) in [6, 6.07) is 9.01. The molecule has 1 fully saturated rings. The van der Waals surface area contributed by atoms with Crippen molar-refractivity contribution in [3.63, 3.8) is 0 Å². The summed E-state index contributed by atoms with van der Waals surface area (Å²) in [5.74, 6) is 0.306. The van der Waals surface area contributed by atoms with Crippen LogP contribution in [0.1, 0.15) is 16.1 Å². The van der Waals surface area contributed by atoms with Crippen molar-refractivity contribution in [3.05, 3.63) is 53.5 Å². The third-order valence-electron chi connectivity index (χ3n) is 3.38. The lowest BCUT2D eigenvalue weighted by molar-refractivity contribution is 0.0954. The van der Waals surface area contributed by atoms with Crippen molar-refractivity contribution in [2.75, 3.05) is 31.2 Å². The highest BCUT2D eigenvalue weighted by molar-refractivity contribution is 5.94. The number of nitrogens with zero attached hydrogens (tertiary/aromatic N) is 2. The van der Waals surface area contributed by atoms with Gasteiger partial charge in [-0.1, -0.05) is 6.07 Å². The highest BCUT2D eigenvalue weighted by Crippen LogP contribution is 2.18. The van der Waals surface area contributed by atoms with E-state index in [-0.39, 0.29) is 5.56 Å². The zero-order valence-corrected chi connectivity index (χ0v) is 12.4. The van der Waals surface area contributed by atoms with E-state index in [0.29, 0.717) is 19.0 Å². The normalized spacial score (nSPS) is 15.1. The molecule has 2 heterocycles. The lowest BCUT2D eigenvalue weighted by Crippen LogP contribution is -2.35. The van der Waals surface area contributed by atoms with Crippen molar-refractivity contribution in [1.82, 2.24) is 5.43 Å². The smallest absolute Gasteiger partial charge is 0.271 e. The van der Waals surface area contributed by atoms with Gasteiger partial charge in [-0.05, 0) is 24.3 Å². The highest BCUT2D eigenvalue weighted by Gasteiger charge is 2.14. The molecule has 1 aromatic heterocycles. The van der Waals surface area contributed by atoms with E-state index in [1.165, 1.54) is 24.4 Å². The molecule has 0 saturated carbocycles. The number of carbonyl (C=O) groups is 1. The Morgan fingerprint density at radius 2 is 2.09 bits per heavy atom. The quantitative estimate of drug-likeness (QED) is 0.692. The van der Waals surface area contributed by atoms with Gasteiger partial charge < -0.3 is 14.1 Å². The van der Waals surface area contributed by atoms with Crippen LogP contribution in [0, 0.1) is 5.82 Å². The Morgan fingerprint density at radius 1 is 1.26 bits per heavy atom. The van der Waals surface area contributed by atoms with Crippen LogP contribution in [0.3, 0.4) is 0 Å². The maximum absolute atomic E-state index is 13.0. The maximum Gasteiger partial charge on any atom is 0.271 e. The Kier molecular flexibility index (Phi) is 4.68. The van der Waals surface area contributed by atoms with Gasteiger partial charge in [0, 0.05) is 24.7 Å². The number of hydrazone groups is 1. The predicted molar refractivity (Wildman–Crippen MR) is 83.2 cm³/mol. The lowest BCUT2D eigenvalue weighted by atomic mass is 10.2. The molecule has 0 unspecified atom stereocenters. The lowest BCUT2D eigenvalue weighted by Gasteiger charge is -2.26. The van der Waals surface area contributed by atoms with E-state index in [2.05, 4.69) is 15.4 Å². The van der Waals surface area contributed by atoms with Crippen LogP contribution in [0.4, 0.5) is 10.3 Å². The molecule has 1 aliphatic rings. The van der Waals surface area contributed by atoms with E-state index in [1.807, 2.05) is 6.07 Å². The second-order valence-electron chi connectivity index (χ2n) is 4.98. The first-order valence-electron chi connectivity index (χ1n) is 7.24. The van der Waals surface area contributed by atoms with E-state index in [9.17, 15) is 9.18 Å². The summed E-state index contributed by atoms with van der Waals surface area (Å²) in [5, 5.41) is 3.82. The van der Waals surface area contributed by atoms with Gasteiger partial charge in [0.15, 0.2) is 5.88 Å². The Morgan fingerprint density at radius 3 is 2.87 bits per heavy atom. The van der Waals surface area contributed by atoms with Crippen LogP contribution in [0.15, 0.2) is 45.9 Å². The van der Waals surface area contributed by atoms with Crippen LogP contribution in [0.2, 0.25) is 0 Å². The minimum absolute atomic E-state index is 0.204. The fraction of sp³-hybridized carbons (Fsp3) is 0.250. The number of carbonyl (C=O) groups excluding carboxylic acids is 1. The Balaban J connectivity index is 1.58. The number of hydrogen-bond donors (Lipinski definition) is 1. The van der Waals surface area contributed by atoms with Gasteiger partial charge >= 0.3 is 0 Å². The number of ether oxygens (including phenoxy) is 1. The van der Waals surface area contributed by atoms with Crippen LogP contribution in [0.25, 0.3) is 0 Å². The van der Waals surface area contributed by atoms with Gasteiger partial charge in [0.25, 0.3) is 5.91 Å². The van der Waals surface area contributed by atoms with Crippen LogP contribution < -0.4 is 10.3 Å². The van der Waals surface area contributed by atoms with Crippen molar-refractivity contribution in [2.24, 2.45) is 5.10 Å². The topological polar surface area (TPSA) is 67.1 Å². The van der Waals surface area contributed by atoms with Crippen molar-refractivity contribution in [2.45, 2.75) is 0 Å². The number of halogens is 1. The molecule has 23 heavy (non-hydrogen) atoms. The Hall–Kier alpha value is -2.67. The minimum Gasteiger partial charge on any atom is -0.440 e. The van der Waals surface area contributed by atoms with Crippen molar-refractivity contribution < 1.29 is 18.3 Å². The van der Waals surface area contributed by atoms with Crippen LogP contribution in [-0.2, 0) is 4.74 Å². The first-order chi connectivity index (χ1) is 11.2. The first-order valence-corrected chi connectivity index (χ1v) is 7.24. The molecule has 0 atom stereocenters. The number of rotatable bonds is 4. The SMILES string of the molecule is O=C(N/N=C\c1ccc(N2CCOCC2)o1)c1cccc(F)c1. The van der Waals surface area contributed by atoms with Gasteiger partial charge in [-0.3, -0.25) is 4.79 Å². The van der Waals surface area contributed by atoms with E-state index >= 15 is 0 Å². The summed E-state index contributed by atoms with van der Waals surface area (Å²) in [4.78, 5) is 13.9. The predicted octanol–water partition coefficient (Wildman–Crippen LogP) is 2.02. The standard InChI is InChI=1S/C16H16FN3O3/c17-13-3-1-2-12(10-13)16(21)19-18-11-14-4-5-15(23-14)20-6-8-22-9-7-20/h1-5,10-11H,6-9H2,(H,19,21)/b18-11-. The van der Waals surface area contributed by atoms with Crippen LogP contribution >= 0.6 is 0 Å². The van der Waals surface area contributed by atoms with Gasteiger partial charge in [-0.2, -0.15) is 5.10 Å². The summed E-state index contributed by atoms with van der Waals surface area (Å²) in [5.41, 5.74) is 2.54. The molecule has 6 nitrogen and oxygen atoms in total. The molecule has 120 valence electrons. The summed E-state index contributed by atoms with van der Waals surface area (Å²) < 4.78 is 24.0. The second-order valence-corrected chi connectivity index (χ2v) is 4.98. The number of amides is 1. The minimum atomic E-state index is -0.485. The van der Waals surface area contributed by atoms with Crippen molar-refractivity contribution in [3.8, 4) is 0 Å². The molecular weight excluding hydrogens is 301 g/mol. The maximum atomic E-state index is 13.0. The average molecular weight is 317 g/mol. The number of anilines is 1. The molecule has 7 heteroatoms. The van der Waals surface area contributed by atoms with Crippen LogP contribution in [-0.4, -0.2) is 38.4 Å². The highest BCUT2D eigenvalue weighted by atomic mass is 19.1. The molecule has 0 aliphatic carbocycles. The number of morpholine rings is 1. The monoisotopic (exact) mass is 317 g/mol. The Bertz CT molecular complexity index is 708. The summed E-state index contributed by atoms with van der Waals surface area (Å²) in [6.07, 6.45) is 1.40. The second kappa shape index (κ2) is 7.06. The molecule has 1 aliphatic heterocycles. The summed E-state index contributed by atoms with van der Waals surface area (Å²) in [7, 11) is 0. The molecule has 1 aromatic carbocycles. The number of furan rings is 1. The Labute approximate surface area is 132 Å². The first kappa shape index (κ1) is 15.2. The van der Waals surface area contributed by atoms with Gasteiger partial charge in [-0.15, -0.1) is 0 Å². The van der Waals surface area contributed by atoms with E-state index in [1.54, 1.807) is 6.07 Å². The fourth-order valence-corrected chi connectivity index (χ4v) is 2.21. The zero-order chi connectivity index (χ0) is 16.1. The molecular formula is C16H16FN3O3. The van der Waals surface area contributed by atoms with Crippen molar-refractivity contribution in [1.29, 1.82) is 0 Å². The number of hydrogen-bond acceptors (Lipinski definition) is 5. The third-order valence-corrected chi connectivity index (χ3v) is 3.38. The summed E-state index contributed by atoms with van der Waals surface area (Å²) >= 11 is 0. The number of benzene rings is 1. The zero-order valence-electron chi connectivity index (χ0n) is 12.4. The molecule has 3 rings (SSSR count). The van der Waals surface area contributed by atoms with Gasteiger partial charge in [0.2, 0.25) is 0 Å². The summed E-state index contributed by atoms with van der Waals surface area (Å²) in [6.45, 7) is 2.91. The van der Waals surface area contributed by atoms with E-state index in [4.69, 9.17) is 9.15 Å². The van der Waals surface area contributed by atoms with Crippen molar-refractivity contribution >= 4 is 18.0 Å². The van der Waals surface area contributed by atoms with Gasteiger partial charge in [0.1, 0.15) is 11.6 Å². The molecule has 1 amide bonds. The van der Waals surface area contributed by atoms with Crippen LogP contribution in [0.5, 0.6) is 0 Å². The molecule has 0 spiro atoms. The van der Waals surface area contributed by atoms with E-state index < -0.39 is 11.7 Å². The largest absolute Gasteiger partial charge is 0.440 e. The average Bonchev–Trinajstić information content (AvgIpc) is 3.04. The molecule has 1 N–H and O–H groups in total. The fourth-order valence-electron chi connectivity index (χ4n) is 2.21. The molecule has 0 bridgehead atoms. The molecule has 2 aromatic rings. The van der Waals surface area contributed by atoms with Gasteiger partial charge in [0.05, 0.1) is 19.4 Å². The molecule has 1 saturated heterocycles.